The van der Waals surface area contributed by atoms with Gasteiger partial charge in [0.2, 0.25) is 0 Å². The molecule has 1 atom stereocenters. The molecule has 2 aromatic heterocycles. The van der Waals surface area contributed by atoms with Crippen LogP contribution in [0, 0.1) is 0 Å². The van der Waals surface area contributed by atoms with Gasteiger partial charge < -0.3 is 9.26 Å². The molecule has 0 spiro atoms. The van der Waals surface area contributed by atoms with E-state index in [2.05, 4.69) is 15.5 Å². The average molecular weight is 347 g/mol. The fourth-order valence-electron chi connectivity index (χ4n) is 2.87. The molecule has 0 unspecified atom stereocenters. The first kappa shape index (κ1) is 15.3. The minimum Gasteiger partial charge on any atom is -0.465 e. The first-order valence-corrected chi connectivity index (χ1v) is 8.91. The maximum Gasteiger partial charge on any atom is 0.315 e. The second-order valence-corrected chi connectivity index (χ2v) is 7.10. The maximum atomic E-state index is 12.3. The van der Waals surface area contributed by atoms with E-state index in [9.17, 15) is 9.59 Å². The van der Waals surface area contributed by atoms with Gasteiger partial charge in [0.1, 0.15) is 11.7 Å². The molecule has 2 heterocycles. The Morgan fingerprint density at radius 2 is 2.25 bits per heavy atom. The number of amides is 1. The van der Waals surface area contributed by atoms with Crippen molar-refractivity contribution in [1.82, 2.24) is 10.1 Å². The highest BCUT2D eigenvalue weighted by molar-refractivity contribution is 7.16. The van der Waals surface area contributed by atoms with Crippen molar-refractivity contribution in [2.24, 2.45) is 0 Å². The lowest BCUT2D eigenvalue weighted by atomic mass is 10.1. The van der Waals surface area contributed by atoms with Gasteiger partial charge in [0.05, 0.1) is 12.3 Å². The van der Waals surface area contributed by atoms with E-state index in [4.69, 9.17) is 9.26 Å². The second-order valence-electron chi connectivity index (χ2n) is 6.01. The molecule has 1 saturated carbocycles. The second kappa shape index (κ2) is 6.01. The van der Waals surface area contributed by atoms with Crippen molar-refractivity contribution >= 4 is 28.3 Å². The van der Waals surface area contributed by atoms with Crippen molar-refractivity contribution in [1.29, 1.82) is 0 Å². The zero-order valence-corrected chi connectivity index (χ0v) is 14.0. The number of aromatic nitrogens is 2. The molecule has 24 heavy (non-hydrogen) atoms. The number of fused-ring (bicyclic) bond motifs is 1. The number of nitrogens with zero attached hydrogens (tertiary/aromatic N) is 2. The molecule has 2 aliphatic carbocycles. The van der Waals surface area contributed by atoms with Gasteiger partial charge in [0.25, 0.3) is 5.91 Å². The molecular weight excluding hydrogens is 330 g/mol. The molecule has 1 amide bonds. The number of ether oxygens (including phenoxy) is 1. The molecule has 2 aromatic rings. The van der Waals surface area contributed by atoms with Crippen molar-refractivity contribution in [3.05, 3.63) is 28.1 Å². The standard InChI is InChI=1S/C16H17N3O4S/c1-2-22-15(21)9-5-6-12-13(9)17-16(24-12)18-14(20)10-7-11(23-19-10)8-3-4-8/h7-9H,2-6H2,1H3,(H,17,18,20)/t9-/m0/s1. The van der Waals surface area contributed by atoms with Gasteiger partial charge in [-0.1, -0.05) is 5.16 Å². The third-order valence-electron chi connectivity index (χ3n) is 4.25. The van der Waals surface area contributed by atoms with E-state index in [0.29, 0.717) is 17.7 Å². The third-order valence-corrected chi connectivity index (χ3v) is 5.30. The van der Waals surface area contributed by atoms with Gasteiger partial charge in [0.15, 0.2) is 10.8 Å². The Labute approximate surface area is 142 Å². The monoisotopic (exact) mass is 347 g/mol. The Kier molecular flexibility index (Phi) is 3.84. The van der Waals surface area contributed by atoms with E-state index in [-0.39, 0.29) is 23.5 Å². The lowest BCUT2D eigenvalue weighted by Gasteiger charge is -2.07. The molecule has 0 bridgehead atoms. The number of rotatable bonds is 5. The van der Waals surface area contributed by atoms with Gasteiger partial charge in [-0.25, -0.2) is 4.98 Å². The van der Waals surface area contributed by atoms with Crippen LogP contribution in [0.5, 0.6) is 0 Å². The molecule has 1 N–H and O–H groups in total. The SMILES string of the molecule is CCOC(=O)[C@H]1CCc2sc(NC(=O)c3cc(C4CC4)on3)nc21. The highest BCUT2D eigenvalue weighted by atomic mass is 32.1. The Bertz CT molecular complexity index is 793. The van der Waals surface area contributed by atoms with Crippen LogP contribution in [0.4, 0.5) is 5.13 Å². The molecule has 126 valence electrons. The van der Waals surface area contributed by atoms with E-state index < -0.39 is 0 Å². The lowest BCUT2D eigenvalue weighted by molar-refractivity contribution is -0.145. The minimum atomic E-state index is -0.342. The molecule has 0 aromatic carbocycles. The zero-order chi connectivity index (χ0) is 16.7. The summed E-state index contributed by atoms with van der Waals surface area (Å²) in [4.78, 5) is 29.7. The number of thiazole rings is 1. The maximum absolute atomic E-state index is 12.3. The average Bonchev–Trinajstić information content (AvgIpc) is 2.97. The number of hydrogen-bond donors (Lipinski definition) is 1. The van der Waals surface area contributed by atoms with E-state index in [1.54, 1.807) is 13.0 Å². The quantitative estimate of drug-likeness (QED) is 0.836. The highest BCUT2D eigenvalue weighted by Crippen LogP contribution is 2.41. The lowest BCUT2D eigenvalue weighted by Crippen LogP contribution is -2.15. The van der Waals surface area contributed by atoms with E-state index in [0.717, 1.165) is 42.0 Å². The summed E-state index contributed by atoms with van der Waals surface area (Å²) in [6.07, 6.45) is 3.67. The van der Waals surface area contributed by atoms with Gasteiger partial charge in [-0.15, -0.1) is 11.3 Å². The van der Waals surface area contributed by atoms with Crippen LogP contribution in [0.25, 0.3) is 0 Å². The van der Waals surface area contributed by atoms with Gasteiger partial charge >= 0.3 is 5.97 Å². The number of aryl methyl sites for hydroxylation is 1. The molecule has 8 heteroatoms. The molecule has 1 fully saturated rings. The number of nitrogens with one attached hydrogen (secondary N) is 1. The summed E-state index contributed by atoms with van der Waals surface area (Å²) in [5.74, 6) is 0.267. The van der Waals surface area contributed by atoms with Crippen LogP contribution < -0.4 is 5.32 Å². The van der Waals surface area contributed by atoms with E-state index in [1.807, 2.05) is 0 Å². The predicted octanol–water partition coefficient (Wildman–Crippen LogP) is 2.85. The highest BCUT2D eigenvalue weighted by Gasteiger charge is 2.34. The Hall–Kier alpha value is -2.22. The number of hydrogen-bond acceptors (Lipinski definition) is 7. The van der Waals surface area contributed by atoms with Crippen LogP contribution in [-0.4, -0.2) is 28.6 Å². The fraction of sp³-hybridized carbons (Fsp3) is 0.500. The Balaban J connectivity index is 1.46. The van der Waals surface area contributed by atoms with E-state index >= 15 is 0 Å². The normalized spacial score (nSPS) is 19.1. The first-order valence-electron chi connectivity index (χ1n) is 8.10. The van der Waals surface area contributed by atoms with Gasteiger partial charge in [-0.3, -0.25) is 14.9 Å². The summed E-state index contributed by atoms with van der Waals surface area (Å²) >= 11 is 1.40. The molecule has 4 rings (SSSR count). The number of anilines is 1. The summed E-state index contributed by atoms with van der Waals surface area (Å²) < 4.78 is 10.3. The minimum absolute atomic E-state index is 0.245. The number of esters is 1. The third kappa shape index (κ3) is 2.82. The largest absolute Gasteiger partial charge is 0.465 e. The molecule has 0 aliphatic heterocycles. The van der Waals surface area contributed by atoms with Crippen molar-refractivity contribution in [3.63, 3.8) is 0 Å². The molecule has 7 nitrogen and oxygen atoms in total. The van der Waals surface area contributed by atoms with Crippen LogP contribution in [0.2, 0.25) is 0 Å². The molecule has 2 aliphatic rings. The van der Waals surface area contributed by atoms with Crippen molar-refractivity contribution < 1.29 is 18.8 Å². The number of carbonyl (C=O) groups is 2. The van der Waals surface area contributed by atoms with Crippen LogP contribution in [0.1, 0.15) is 64.8 Å². The van der Waals surface area contributed by atoms with Crippen molar-refractivity contribution in [2.75, 3.05) is 11.9 Å². The van der Waals surface area contributed by atoms with Crippen molar-refractivity contribution in [2.45, 2.75) is 44.4 Å². The van der Waals surface area contributed by atoms with Crippen LogP contribution >= 0.6 is 11.3 Å². The zero-order valence-electron chi connectivity index (χ0n) is 13.2. The van der Waals surface area contributed by atoms with E-state index in [1.165, 1.54) is 11.3 Å². The van der Waals surface area contributed by atoms with Crippen LogP contribution in [0.15, 0.2) is 10.6 Å². The van der Waals surface area contributed by atoms with Gasteiger partial charge in [0, 0.05) is 16.9 Å². The summed E-state index contributed by atoms with van der Waals surface area (Å²) in [5.41, 5.74) is 0.988. The summed E-state index contributed by atoms with van der Waals surface area (Å²) in [6.45, 7) is 2.14. The first-order chi connectivity index (χ1) is 11.7. The Morgan fingerprint density at radius 3 is 3.00 bits per heavy atom. The van der Waals surface area contributed by atoms with Crippen LogP contribution in [-0.2, 0) is 16.0 Å². The van der Waals surface area contributed by atoms with Crippen LogP contribution in [0.3, 0.4) is 0 Å². The van der Waals surface area contributed by atoms with Gasteiger partial charge in [-0.2, -0.15) is 0 Å². The smallest absolute Gasteiger partial charge is 0.315 e. The van der Waals surface area contributed by atoms with Gasteiger partial charge in [-0.05, 0) is 32.6 Å². The predicted molar refractivity (Wildman–Crippen MR) is 86.2 cm³/mol. The fourth-order valence-corrected chi connectivity index (χ4v) is 3.90. The topological polar surface area (TPSA) is 94.3 Å². The summed E-state index contributed by atoms with van der Waals surface area (Å²) in [5, 5.41) is 7.05. The molecular formula is C16H17N3O4S. The Morgan fingerprint density at radius 1 is 1.42 bits per heavy atom. The van der Waals surface area contributed by atoms with Crippen molar-refractivity contribution in [3.8, 4) is 0 Å². The summed E-state index contributed by atoms with van der Waals surface area (Å²) in [7, 11) is 0. The molecule has 0 saturated heterocycles. The molecule has 0 radical (unpaired) electrons. The number of carbonyl (C=O) groups excluding carboxylic acids is 2. The summed E-state index contributed by atoms with van der Waals surface area (Å²) in [6, 6.07) is 1.69.